The van der Waals surface area contributed by atoms with Crippen molar-refractivity contribution in [2.75, 3.05) is 19.6 Å². The van der Waals surface area contributed by atoms with E-state index in [0.717, 1.165) is 43.7 Å². The number of piperidine rings is 1. The summed E-state index contributed by atoms with van der Waals surface area (Å²) in [6.45, 7) is 1.64. The molecule has 1 aliphatic heterocycles. The minimum Gasteiger partial charge on any atom is -0.343 e. The quantitative estimate of drug-likeness (QED) is 0.882. The molecule has 0 atom stereocenters. The van der Waals surface area contributed by atoms with Crippen molar-refractivity contribution in [1.82, 2.24) is 14.6 Å². The zero-order chi connectivity index (χ0) is 14.6. The molecule has 2 rings (SSSR count). The molecule has 6 nitrogen and oxygen atoms in total. The van der Waals surface area contributed by atoms with Crippen molar-refractivity contribution >= 4 is 38.9 Å². The smallest absolute Gasteiger partial charge is 0.251 e. The zero-order valence-electron chi connectivity index (χ0n) is 10.8. The second-order valence-electron chi connectivity index (χ2n) is 4.52. The van der Waals surface area contributed by atoms with Gasteiger partial charge in [0.1, 0.15) is 0 Å². The van der Waals surface area contributed by atoms with Gasteiger partial charge in [-0.2, -0.15) is 0 Å². The van der Waals surface area contributed by atoms with Crippen molar-refractivity contribution in [3.8, 4) is 0 Å². The Kier molecular flexibility index (Phi) is 5.36. The molecule has 2 heterocycles. The lowest BCUT2D eigenvalue weighted by Gasteiger charge is -2.26. The zero-order valence-corrected chi connectivity index (χ0v) is 13.2. The SMILES string of the molecule is O=C(CCNS(=O)(=O)c1cnc(Cl)s1)N1CCCCC1. The summed E-state index contributed by atoms with van der Waals surface area (Å²) in [4.78, 5) is 17.4. The van der Waals surface area contributed by atoms with E-state index in [1.807, 2.05) is 0 Å². The number of hydrogen-bond acceptors (Lipinski definition) is 5. The highest BCUT2D eigenvalue weighted by molar-refractivity contribution is 7.91. The fourth-order valence-electron chi connectivity index (χ4n) is 2.03. The van der Waals surface area contributed by atoms with E-state index in [1.54, 1.807) is 4.90 Å². The molecule has 0 saturated carbocycles. The van der Waals surface area contributed by atoms with Gasteiger partial charge >= 0.3 is 0 Å². The largest absolute Gasteiger partial charge is 0.343 e. The predicted octanol–water partition coefficient (Wildman–Crippen LogP) is 1.48. The molecule has 1 aliphatic rings. The third kappa shape index (κ3) is 4.15. The van der Waals surface area contributed by atoms with Crippen LogP contribution in [0.4, 0.5) is 0 Å². The number of nitrogens with one attached hydrogen (secondary N) is 1. The van der Waals surface area contributed by atoms with Gasteiger partial charge in [-0.15, -0.1) is 0 Å². The Morgan fingerprint density at radius 2 is 2.10 bits per heavy atom. The summed E-state index contributed by atoms with van der Waals surface area (Å²) in [5.41, 5.74) is 0. The molecule has 1 saturated heterocycles. The van der Waals surface area contributed by atoms with Gasteiger partial charge in [0, 0.05) is 26.1 Å². The number of rotatable bonds is 5. The molecule has 1 N–H and O–H groups in total. The van der Waals surface area contributed by atoms with Gasteiger partial charge in [-0.05, 0) is 19.3 Å². The van der Waals surface area contributed by atoms with Crippen LogP contribution in [0.1, 0.15) is 25.7 Å². The van der Waals surface area contributed by atoms with Crippen molar-refractivity contribution in [1.29, 1.82) is 0 Å². The Hall–Kier alpha value is -0.700. The molecule has 0 bridgehead atoms. The maximum absolute atomic E-state index is 11.9. The summed E-state index contributed by atoms with van der Waals surface area (Å²) in [6.07, 6.45) is 4.59. The maximum atomic E-state index is 11.9. The van der Waals surface area contributed by atoms with Crippen LogP contribution in [0.2, 0.25) is 4.47 Å². The van der Waals surface area contributed by atoms with Crippen LogP contribution in [0.25, 0.3) is 0 Å². The van der Waals surface area contributed by atoms with E-state index >= 15 is 0 Å². The number of likely N-dealkylation sites (tertiary alicyclic amines) is 1. The van der Waals surface area contributed by atoms with Crippen LogP contribution in [0.3, 0.4) is 0 Å². The first-order valence-corrected chi connectivity index (χ1v) is 9.05. The van der Waals surface area contributed by atoms with Gasteiger partial charge in [0.15, 0.2) is 8.68 Å². The summed E-state index contributed by atoms with van der Waals surface area (Å²) in [5, 5.41) is 0. The Bertz CT molecular complexity index is 567. The Labute approximate surface area is 127 Å². The van der Waals surface area contributed by atoms with Gasteiger partial charge in [-0.25, -0.2) is 18.1 Å². The van der Waals surface area contributed by atoms with Crippen LogP contribution >= 0.6 is 22.9 Å². The number of carbonyl (C=O) groups is 1. The first kappa shape index (κ1) is 15.7. The first-order valence-electron chi connectivity index (χ1n) is 6.38. The van der Waals surface area contributed by atoms with Gasteiger partial charge < -0.3 is 4.90 Å². The third-order valence-corrected chi connectivity index (χ3v) is 6.10. The number of amides is 1. The lowest BCUT2D eigenvalue weighted by molar-refractivity contribution is -0.131. The number of hydrogen-bond donors (Lipinski definition) is 1. The average molecular weight is 338 g/mol. The van der Waals surface area contributed by atoms with Crippen LogP contribution in [-0.4, -0.2) is 43.8 Å². The molecule has 1 amide bonds. The predicted molar refractivity (Wildman–Crippen MR) is 77.4 cm³/mol. The van der Waals surface area contributed by atoms with E-state index in [1.165, 1.54) is 6.20 Å². The number of aromatic nitrogens is 1. The molecule has 1 fully saturated rings. The highest BCUT2D eigenvalue weighted by Gasteiger charge is 2.19. The highest BCUT2D eigenvalue weighted by atomic mass is 35.5. The summed E-state index contributed by atoms with van der Waals surface area (Å²) < 4.78 is 26.4. The van der Waals surface area contributed by atoms with E-state index in [0.29, 0.717) is 0 Å². The number of carbonyl (C=O) groups excluding carboxylic acids is 1. The molecule has 1 aromatic heterocycles. The molecule has 20 heavy (non-hydrogen) atoms. The van der Waals surface area contributed by atoms with Crippen molar-refractivity contribution in [2.24, 2.45) is 0 Å². The second kappa shape index (κ2) is 6.84. The van der Waals surface area contributed by atoms with Gasteiger partial charge in [-0.3, -0.25) is 4.79 Å². The molecular formula is C11H16ClN3O3S2. The molecule has 1 aromatic rings. The van der Waals surface area contributed by atoms with Crippen molar-refractivity contribution < 1.29 is 13.2 Å². The fourth-order valence-corrected chi connectivity index (χ4v) is 4.40. The van der Waals surface area contributed by atoms with E-state index in [-0.39, 0.29) is 27.5 Å². The van der Waals surface area contributed by atoms with Crippen LogP contribution in [0, 0.1) is 0 Å². The van der Waals surface area contributed by atoms with Crippen molar-refractivity contribution in [2.45, 2.75) is 29.9 Å². The standard InChI is InChI=1S/C11H16ClN3O3S2/c12-11-13-8-10(19-11)20(17,18)14-5-4-9(16)15-6-2-1-3-7-15/h8,14H,1-7H2. The second-order valence-corrected chi connectivity index (χ2v) is 8.13. The lowest BCUT2D eigenvalue weighted by Crippen LogP contribution is -2.37. The van der Waals surface area contributed by atoms with Crippen LogP contribution in [0.5, 0.6) is 0 Å². The van der Waals surface area contributed by atoms with Gasteiger partial charge in [-0.1, -0.05) is 22.9 Å². The van der Waals surface area contributed by atoms with Crippen LogP contribution in [-0.2, 0) is 14.8 Å². The molecule has 0 aliphatic carbocycles. The average Bonchev–Trinajstić information content (AvgIpc) is 2.87. The topological polar surface area (TPSA) is 79.4 Å². The maximum Gasteiger partial charge on any atom is 0.251 e. The van der Waals surface area contributed by atoms with E-state index < -0.39 is 10.0 Å². The third-order valence-electron chi connectivity index (χ3n) is 3.06. The number of sulfonamides is 1. The Morgan fingerprint density at radius 3 is 2.70 bits per heavy atom. The van der Waals surface area contributed by atoms with E-state index in [2.05, 4.69) is 9.71 Å². The molecule has 112 valence electrons. The molecule has 0 radical (unpaired) electrons. The van der Waals surface area contributed by atoms with Gasteiger partial charge in [0.05, 0.1) is 6.20 Å². The Morgan fingerprint density at radius 1 is 1.40 bits per heavy atom. The van der Waals surface area contributed by atoms with Crippen molar-refractivity contribution in [3.63, 3.8) is 0 Å². The first-order chi connectivity index (χ1) is 9.49. The van der Waals surface area contributed by atoms with Gasteiger partial charge in [0.2, 0.25) is 5.91 Å². The van der Waals surface area contributed by atoms with Crippen LogP contribution < -0.4 is 4.72 Å². The minimum absolute atomic E-state index is 0.00487. The fraction of sp³-hybridized carbons (Fsp3) is 0.636. The monoisotopic (exact) mass is 337 g/mol. The highest BCUT2D eigenvalue weighted by Crippen LogP contribution is 2.22. The lowest BCUT2D eigenvalue weighted by atomic mass is 10.1. The summed E-state index contributed by atoms with van der Waals surface area (Å²) in [7, 11) is -3.62. The molecule has 0 spiro atoms. The summed E-state index contributed by atoms with van der Waals surface area (Å²) in [6, 6.07) is 0. The summed E-state index contributed by atoms with van der Waals surface area (Å²) in [5.74, 6) is -0.00487. The molecular weight excluding hydrogens is 322 g/mol. The van der Waals surface area contributed by atoms with E-state index in [9.17, 15) is 13.2 Å². The van der Waals surface area contributed by atoms with Gasteiger partial charge in [0.25, 0.3) is 10.0 Å². The van der Waals surface area contributed by atoms with Crippen LogP contribution in [0.15, 0.2) is 10.4 Å². The normalized spacial score (nSPS) is 16.4. The minimum atomic E-state index is -3.62. The number of thiazole rings is 1. The number of nitrogens with zero attached hydrogens (tertiary/aromatic N) is 2. The van der Waals surface area contributed by atoms with E-state index in [4.69, 9.17) is 11.6 Å². The Balaban J connectivity index is 1.81. The van der Waals surface area contributed by atoms with Crippen molar-refractivity contribution in [3.05, 3.63) is 10.7 Å². The number of halogens is 1. The molecule has 0 aromatic carbocycles. The molecule has 9 heteroatoms. The molecule has 0 unspecified atom stereocenters. The summed E-state index contributed by atoms with van der Waals surface area (Å²) >= 11 is 6.50.